The molecule has 1 aromatic heterocycles. The van der Waals surface area contributed by atoms with E-state index in [0.717, 1.165) is 16.7 Å². The first-order valence-electron chi connectivity index (χ1n) is 4.60. The van der Waals surface area contributed by atoms with E-state index < -0.39 is 0 Å². The lowest BCUT2D eigenvalue weighted by Crippen LogP contribution is -1.93. The molecule has 0 radical (unpaired) electrons. The molecule has 0 saturated heterocycles. The van der Waals surface area contributed by atoms with Crippen molar-refractivity contribution in [1.29, 1.82) is 0 Å². The molecule has 0 aliphatic rings. The smallest absolute Gasteiger partial charge is 0.162 e. The Bertz CT molecular complexity index is 497. The molecule has 0 aliphatic carbocycles. The number of methoxy groups -OCH3 is 2. The van der Waals surface area contributed by atoms with E-state index in [1.165, 1.54) is 0 Å². The summed E-state index contributed by atoms with van der Waals surface area (Å²) in [5, 5.41) is 0.943. The summed E-state index contributed by atoms with van der Waals surface area (Å²) in [4.78, 5) is 8.44. The summed E-state index contributed by atoms with van der Waals surface area (Å²) in [5.74, 6) is 2.12. The van der Waals surface area contributed by atoms with Crippen molar-refractivity contribution in [2.75, 3.05) is 14.2 Å². The molecule has 1 heterocycles. The van der Waals surface area contributed by atoms with Crippen molar-refractivity contribution < 1.29 is 9.47 Å². The molecule has 0 unspecified atom stereocenters. The average Bonchev–Trinajstić information content (AvgIpc) is 2.27. The van der Waals surface area contributed by atoms with Gasteiger partial charge in [0, 0.05) is 17.6 Å². The van der Waals surface area contributed by atoms with E-state index in [4.69, 9.17) is 9.47 Å². The van der Waals surface area contributed by atoms with Gasteiger partial charge in [0.1, 0.15) is 5.82 Å². The Morgan fingerprint density at radius 2 is 1.73 bits per heavy atom. The van der Waals surface area contributed by atoms with Crippen LogP contribution in [0.15, 0.2) is 18.3 Å². The van der Waals surface area contributed by atoms with Gasteiger partial charge >= 0.3 is 0 Å². The molecular formula is C11H12N2O2. The van der Waals surface area contributed by atoms with E-state index in [-0.39, 0.29) is 0 Å². The van der Waals surface area contributed by atoms with Gasteiger partial charge in [-0.25, -0.2) is 9.97 Å². The number of benzene rings is 1. The van der Waals surface area contributed by atoms with Crippen molar-refractivity contribution in [2.24, 2.45) is 0 Å². The Hall–Kier alpha value is -1.84. The standard InChI is InChI=1S/C11H12N2O2/c1-7-12-6-8-4-10(14-2)11(15-3)5-9(8)13-7/h4-6H,1-3H3. The van der Waals surface area contributed by atoms with E-state index in [0.29, 0.717) is 11.5 Å². The molecule has 0 bridgehead atoms. The molecule has 0 N–H and O–H groups in total. The Balaban J connectivity index is 2.69. The number of ether oxygens (including phenoxy) is 2. The lowest BCUT2D eigenvalue weighted by molar-refractivity contribution is 0.356. The van der Waals surface area contributed by atoms with Crippen LogP contribution in [0.5, 0.6) is 11.5 Å². The summed E-state index contributed by atoms with van der Waals surface area (Å²) in [6.07, 6.45) is 1.78. The zero-order chi connectivity index (χ0) is 10.8. The predicted molar refractivity (Wildman–Crippen MR) is 57.4 cm³/mol. The average molecular weight is 204 g/mol. The van der Waals surface area contributed by atoms with Crippen molar-refractivity contribution in [1.82, 2.24) is 9.97 Å². The quantitative estimate of drug-likeness (QED) is 0.750. The molecular weight excluding hydrogens is 192 g/mol. The maximum absolute atomic E-state index is 5.20. The van der Waals surface area contributed by atoms with Crippen LogP contribution in [-0.2, 0) is 0 Å². The fourth-order valence-corrected chi connectivity index (χ4v) is 1.45. The van der Waals surface area contributed by atoms with Crippen molar-refractivity contribution >= 4 is 10.9 Å². The molecule has 0 saturated carbocycles. The van der Waals surface area contributed by atoms with Crippen LogP contribution in [0.1, 0.15) is 5.82 Å². The zero-order valence-corrected chi connectivity index (χ0v) is 8.94. The summed E-state index contributed by atoms with van der Waals surface area (Å²) in [5.41, 5.74) is 0.861. The second-order valence-corrected chi connectivity index (χ2v) is 3.18. The summed E-state index contributed by atoms with van der Waals surface area (Å²) in [7, 11) is 3.22. The molecule has 4 nitrogen and oxygen atoms in total. The van der Waals surface area contributed by atoms with E-state index in [9.17, 15) is 0 Å². The lowest BCUT2D eigenvalue weighted by Gasteiger charge is -2.08. The van der Waals surface area contributed by atoms with Crippen molar-refractivity contribution in [3.8, 4) is 11.5 Å². The molecule has 2 aromatic rings. The third-order valence-electron chi connectivity index (χ3n) is 2.21. The van der Waals surface area contributed by atoms with Crippen LogP contribution in [-0.4, -0.2) is 24.2 Å². The first-order chi connectivity index (χ1) is 7.24. The number of aromatic nitrogens is 2. The van der Waals surface area contributed by atoms with Gasteiger partial charge in [-0.2, -0.15) is 0 Å². The van der Waals surface area contributed by atoms with Crippen LogP contribution in [0.25, 0.3) is 10.9 Å². The normalized spacial score (nSPS) is 10.3. The summed E-state index contributed by atoms with van der Waals surface area (Å²) >= 11 is 0. The Labute approximate surface area is 87.9 Å². The van der Waals surface area contributed by atoms with Crippen LogP contribution in [0.2, 0.25) is 0 Å². The van der Waals surface area contributed by atoms with Crippen LogP contribution in [0.3, 0.4) is 0 Å². The number of hydrogen-bond acceptors (Lipinski definition) is 4. The number of nitrogens with zero attached hydrogens (tertiary/aromatic N) is 2. The number of hydrogen-bond donors (Lipinski definition) is 0. The van der Waals surface area contributed by atoms with Crippen LogP contribution < -0.4 is 9.47 Å². The van der Waals surface area contributed by atoms with Gasteiger partial charge in [-0.1, -0.05) is 0 Å². The highest BCUT2D eigenvalue weighted by Crippen LogP contribution is 2.30. The summed E-state index contributed by atoms with van der Waals surface area (Å²) < 4.78 is 10.4. The van der Waals surface area contributed by atoms with Crippen LogP contribution in [0, 0.1) is 6.92 Å². The monoisotopic (exact) mass is 204 g/mol. The largest absolute Gasteiger partial charge is 0.493 e. The topological polar surface area (TPSA) is 44.2 Å². The maximum Gasteiger partial charge on any atom is 0.162 e. The van der Waals surface area contributed by atoms with Crippen molar-refractivity contribution in [3.05, 3.63) is 24.2 Å². The molecule has 1 aromatic carbocycles. The van der Waals surface area contributed by atoms with Gasteiger partial charge in [-0.15, -0.1) is 0 Å². The first-order valence-corrected chi connectivity index (χ1v) is 4.60. The predicted octanol–water partition coefficient (Wildman–Crippen LogP) is 1.96. The molecule has 2 rings (SSSR count). The molecule has 15 heavy (non-hydrogen) atoms. The Morgan fingerprint density at radius 3 is 2.40 bits per heavy atom. The van der Waals surface area contributed by atoms with Gasteiger partial charge < -0.3 is 9.47 Å². The fraction of sp³-hybridized carbons (Fsp3) is 0.273. The van der Waals surface area contributed by atoms with Crippen molar-refractivity contribution in [3.63, 3.8) is 0 Å². The fourth-order valence-electron chi connectivity index (χ4n) is 1.45. The minimum Gasteiger partial charge on any atom is -0.493 e. The summed E-state index contributed by atoms with van der Waals surface area (Å²) in [6.45, 7) is 1.86. The lowest BCUT2D eigenvalue weighted by atomic mass is 10.2. The molecule has 0 spiro atoms. The second-order valence-electron chi connectivity index (χ2n) is 3.18. The summed E-state index contributed by atoms with van der Waals surface area (Å²) in [6, 6.07) is 3.72. The highest BCUT2D eigenvalue weighted by atomic mass is 16.5. The number of rotatable bonds is 2. The van der Waals surface area contributed by atoms with Crippen molar-refractivity contribution in [2.45, 2.75) is 6.92 Å². The highest BCUT2D eigenvalue weighted by Gasteiger charge is 2.06. The molecule has 0 aliphatic heterocycles. The van der Waals surface area contributed by atoms with Gasteiger partial charge in [-0.3, -0.25) is 0 Å². The molecule has 0 fully saturated rings. The zero-order valence-electron chi connectivity index (χ0n) is 8.94. The Kier molecular flexibility index (Phi) is 2.41. The van der Waals surface area contributed by atoms with Gasteiger partial charge in [0.25, 0.3) is 0 Å². The Morgan fingerprint density at radius 1 is 1.07 bits per heavy atom. The molecule has 0 atom stereocenters. The van der Waals surface area contributed by atoms with Gasteiger partial charge in [0.2, 0.25) is 0 Å². The van der Waals surface area contributed by atoms with E-state index in [1.54, 1.807) is 20.4 Å². The third kappa shape index (κ3) is 1.70. The maximum atomic E-state index is 5.20. The number of fused-ring (bicyclic) bond motifs is 1. The van der Waals surface area contributed by atoms with Crippen LogP contribution >= 0.6 is 0 Å². The van der Waals surface area contributed by atoms with Gasteiger partial charge in [0.05, 0.1) is 19.7 Å². The molecule has 4 heteroatoms. The van der Waals surface area contributed by atoms with Gasteiger partial charge in [-0.05, 0) is 13.0 Å². The minimum atomic E-state index is 0.683. The van der Waals surface area contributed by atoms with Crippen LogP contribution in [0.4, 0.5) is 0 Å². The SMILES string of the molecule is COc1cc2cnc(C)nc2cc1OC. The molecule has 0 amide bonds. The number of aryl methyl sites for hydroxylation is 1. The van der Waals surface area contributed by atoms with Gasteiger partial charge in [0.15, 0.2) is 11.5 Å². The van der Waals surface area contributed by atoms with E-state index in [1.807, 2.05) is 19.1 Å². The molecule has 78 valence electrons. The highest BCUT2D eigenvalue weighted by molar-refractivity contribution is 5.81. The third-order valence-corrected chi connectivity index (χ3v) is 2.21. The van der Waals surface area contributed by atoms with E-state index in [2.05, 4.69) is 9.97 Å². The van der Waals surface area contributed by atoms with E-state index >= 15 is 0 Å². The minimum absolute atomic E-state index is 0.683. The first kappa shape index (κ1) is 9.71. The second kappa shape index (κ2) is 3.73.